The fraction of sp³-hybridized carbons (Fsp3) is 0.250. The van der Waals surface area contributed by atoms with Gasteiger partial charge in [0.1, 0.15) is 11.1 Å². The van der Waals surface area contributed by atoms with Gasteiger partial charge in [-0.1, -0.05) is 20.8 Å². The van der Waals surface area contributed by atoms with Gasteiger partial charge in [-0.15, -0.1) is 0 Å². The molecule has 0 unspecified atom stereocenters. The van der Waals surface area contributed by atoms with Crippen molar-refractivity contribution in [1.82, 2.24) is 0 Å². The monoisotopic (exact) mass is 633 g/mol. The highest BCUT2D eigenvalue weighted by Crippen LogP contribution is 2.34. The fourth-order valence-electron chi connectivity index (χ4n) is 3.82. The Balaban J connectivity index is 0.000000340. The summed E-state index contributed by atoms with van der Waals surface area (Å²) in [4.78, 5) is 68.8. The third-order valence-electron chi connectivity index (χ3n) is 5.88. The second-order valence-electron chi connectivity index (χ2n) is 8.41. The van der Waals surface area contributed by atoms with Crippen molar-refractivity contribution in [1.29, 1.82) is 0 Å². The zero-order chi connectivity index (χ0) is 34.6. The average Bonchev–Trinajstić information content (AvgIpc) is 2.99. The Morgan fingerprint density at radius 2 is 0.778 bits per heavy atom. The minimum atomic E-state index is -0.903. The zero-order valence-electron chi connectivity index (χ0n) is 23.6. The van der Waals surface area contributed by atoms with E-state index in [2.05, 4.69) is 0 Å². The maximum Gasteiger partial charge on any atom is 0.286 e. The first-order chi connectivity index (χ1) is 21.0. The lowest BCUT2D eigenvalue weighted by Gasteiger charge is -2.01. The Labute approximate surface area is 250 Å². The molecule has 0 saturated carbocycles. The molecule has 0 aromatic heterocycles. The lowest BCUT2D eigenvalue weighted by atomic mass is 10.1. The molecule has 3 rings (SSSR count). The van der Waals surface area contributed by atoms with Crippen LogP contribution in [0.5, 0.6) is 0 Å². The van der Waals surface area contributed by atoms with E-state index >= 15 is 0 Å². The standard InChI is InChI=1S/C8H7N3O6.2C8H8N2O4/c1-2-6-7(10(14)15)3-5(9(12)13)4-8(6)11(16)17;1-2-6-3-4-7(9(11)12)5-8(6)10(13)14;1-2-6-7(9(11)12)4-3-5-8(6)10(13)14/h3-4H,2H2,1H3;2*3-5H,2H2,1H3. The van der Waals surface area contributed by atoms with Crippen LogP contribution in [0.25, 0.3) is 0 Å². The third-order valence-corrected chi connectivity index (χ3v) is 5.88. The molecule has 238 valence electrons. The minimum Gasteiger partial charge on any atom is -0.258 e. The molecule has 0 spiro atoms. The highest BCUT2D eigenvalue weighted by atomic mass is 16.7. The van der Waals surface area contributed by atoms with Gasteiger partial charge < -0.3 is 0 Å². The van der Waals surface area contributed by atoms with Gasteiger partial charge in [-0.2, -0.15) is 0 Å². The van der Waals surface area contributed by atoms with Crippen LogP contribution in [0.2, 0.25) is 0 Å². The van der Waals surface area contributed by atoms with Crippen molar-refractivity contribution in [3.05, 3.63) is 136 Å². The Hall–Kier alpha value is -6.54. The summed E-state index contributed by atoms with van der Waals surface area (Å²) in [6, 6.07) is 8.98. The molecule has 0 fully saturated rings. The van der Waals surface area contributed by atoms with Gasteiger partial charge in [0.05, 0.1) is 52.7 Å². The van der Waals surface area contributed by atoms with E-state index in [0.29, 0.717) is 12.0 Å². The normalized spacial score (nSPS) is 9.84. The topological polar surface area (TPSA) is 302 Å². The van der Waals surface area contributed by atoms with Crippen molar-refractivity contribution in [2.24, 2.45) is 0 Å². The number of benzene rings is 3. The number of nitrogens with zero attached hydrogens (tertiary/aromatic N) is 7. The van der Waals surface area contributed by atoms with Crippen LogP contribution in [0, 0.1) is 70.8 Å². The van der Waals surface area contributed by atoms with Gasteiger partial charge >= 0.3 is 0 Å². The first-order valence-electron chi connectivity index (χ1n) is 12.4. The second kappa shape index (κ2) is 16.2. The predicted molar refractivity (Wildman–Crippen MR) is 154 cm³/mol. The molecule has 0 aliphatic heterocycles. The highest BCUT2D eigenvalue weighted by molar-refractivity contribution is 5.60. The van der Waals surface area contributed by atoms with Gasteiger partial charge in [-0.3, -0.25) is 70.8 Å². The van der Waals surface area contributed by atoms with Gasteiger partial charge in [0, 0.05) is 23.8 Å². The van der Waals surface area contributed by atoms with Crippen molar-refractivity contribution < 1.29 is 34.5 Å². The number of rotatable bonds is 10. The van der Waals surface area contributed by atoms with Crippen LogP contribution in [0.1, 0.15) is 37.5 Å². The largest absolute Gasteiger partial charge is 0.286 e. The summed E-state index contributed by atoms with van der Waals surface area (Å²) in [5.74, 6) is 0. The number of non-ortho nitro benzene ring substituents is 2. The molecule has 0 N–H and O–H groups in total. The van der Waals surface area contributed by atoms with E-state index in [-0.39, 0.29) is 46.7 Å². The molecule has 0 saturated heterocycles. The third kappa shape index (κ3) is 9.49. The van der Waals surface area contributed by atoms with Crippen LogP contribution in [-0.2, 0) is 19.3 Å². The summed E-state index contributed by atoms with van der Waals surface area (Å²) in [7, 11) is 0. The Morgan fingerprint density at radius 3 is 1.09 bits per heavy atom. The number of hydrogen-bond acceptors (Lipinski definition) is 14. The first kappa shape index (κ1) is 36.5. The number of hydrogen-bond donors (Lipinski definition) is 0. The molecule has 0 aliphatic carbocycles. The van der Waals surface area contributed by atoms with Crippen LogP contribution in [0.4, 0.5) is 39.8 Å². The summed E-state index contributed by atoms with van der Waals surface area (Å²) in [5.41, 5.74) is -2.16. The average molecular weight is 633 g/mol. The Kier molecular flexibility index (Phi) is 13.1. The highest BCUT2D eigenvalue weighted by Gasteiger charge is 2.29. The minimum absolute atomic E-state index is 0.0463. The van der Waals surface area contributed by atoms with Crippen molar-refractivity contribution >= 4 is 39.8 Å². The van der Waals surface area contributed by atoms with E-state index in [4.69, 9.17) is 0 Å². The van der Waals surface area contributed by atoms with Crippen LogP contribution in [0.15, 0.2) is 48.5 Å². The molecule has 0 amide bonds. The molecule has 0 aliphatic rings. The molecule has 45 heavy (non-hydrogen) atoms. The van der Waals surface area contributed by atoms with Crippen LogP contribution in [-0.4, -0.2) is 34.5 Å². The maximum absolute atomic E-state index is 10.7. The fourth-order valence-corrected chi connectivity index (χ4v) is 3.82. The van der Waals surface area contributed by atoms with Gasteiger partial charge in [0.25, 0.3) is 39.8 Å². The number of nitro groups is 7. The quantitative estimate of drug-likeness (QED) is 0.180. The van der Waals surface area contributed by atoms with Gasteiger partial charge in [-0.25, -0.2) is 0 Å². The molecule has 0 radical (unpaired) electrons. The van der Waals surface area contributed by atoms with Gasteiger partial charge in [-0.05, 0) is 31.4 Å². The van der Waals surface area contributed by atoms with Crippen LogP contribution >= 0.6 is 0 Å². The second-order valence-corrected chi connectivity index (χ2v) is 8.41. The van der Waals surface area contributed by atoms with Crippen LogP contribution in [0.3, 0.4) is 0 Å². The number of nitro benzene ring substituents is 7. The summed E-state index contributed by atoms with van der Waals surface area (Å²) < 4.78 is 0. The first-order valence-corrected chi connectivity index (χ1v) is 12.4. The van der Waals surface area contributed by atoms with E-state index in [9.17, 15) is 70.8 Å². The molecular formula is C24H23N7O14. The maximum atomic E-state index is 10.7. The lowest BCUT2D eigenvalue weighted by molar-refractivity contribution is -0.404. The Bertz CT molecular complexity index is 1590. The Morgan fingerprint density at radius 1 is 0.422 bits per heavy atom. The predicted octanol–water partition coefficient (Wildman–Crippen LogP) is 6.10. The van der Waals surface area contributed by atoms with E-state index in [1.165, 1.54) is 37.3 Å². The van der Waals surface area contributed by atoms with Crippen LogP contribution < -0.4 is 0 Å². The molecule has 3 aromatic carbocycles. The molecule has 3 aromatic rings. The van der Waals surface area contributed by atoms with Crippen molar-refractivity contribution in [2.75, 3.05) is 0 Å². The summed E-state index contributed by atoms with van der Waals surface area (Å²) in [6.07, 6.45) is 0.798. The zero-order valence-corrected chi connectivity index (χ0v) is 23.6. The lowest BCUT2D eigenvalue weighted by Crippen LogP contribution is -2.02. The molecule has 21 heteroatoms. The summed E-state index contributed by atoms with van der Waals surface area (Å²) in [5, 5.41) is 73.9. The van der Waals surface area contributed by atoms with E-state index in [0.717, 1.165) is 18.2 Å². The van der Waals surface area contributed by atoms with Crippen molar-refractivity contribution in [2.45, 2.75) is 40.0 Å². The summed E-state index contributed by atoms with van der Waals surface area (Å²) in [6.45, 7) is 4.91. The number of aryl methyl sites for hydroxylation is 1. The van der Waals surface area contributed by atoms with E-state index < -0.39 is 51.5 Å². The smallest absolute Gasteiger partial charge is 0.258 e. The van der Waals surface area contributed by atoms with E-state index in [1.807, 2.05) is 0 Å². The van der Waals surface area contributed by atoms with E-state index in [1.54, 1.807) is 13.8 Å². The van der Waals surface area contributed by atoms with Crippen molar-refractivity contribution in [3.63, 3.8) is 0 Å². The molecule has 21 nitrogen and oxygen atoms in total. The summed E-state index contributed by atoms with van der Waals surface area (Å²) >= 11 is 0. The van der Waals surface area contributed by atoms with Crippen molar-refractivity contribution in [3.8, 4) is 0 Å². The SMILES string of the molecule is CCc1c([N+](=O)[O-])cc([N+](=O)[O-])cc1[N+](=O)[O-].CCc1c([N+](=O)[O-])cccc1[N+](=O)[O-].CCc1ccc([N+](=O)[O-])cc1[N+](=O)[O-]. The molecule has 0 atom stereocenters. The van der Waals surface area contributed by atoms with Gasteiger partial charge in [0.2, 0.25) is 0 Å². The van der Waals surface area contributed by atoms with Gasteiger partial charge in [0.15, 0.2) is 0 Å². The molecular weight excluding hydrogens is 610 g/mol. The molecule has 0 heterocycles. The molecule has 0 bridgehead atoms.